The lowest BCUT2D eigenvalue weighted by Gasteiger charge is -2.23. The second-order valence-corrected chi connectivity index (χ2v) is 5.30. The van der Waals surface area contributed by atoms with Crippen molar-refractivity contribution in [3.05, 3.63) is 33.5 Å². The number of nitrogens with one attached hydrogen (secondary N) is 1. The van der Waals surface area contributed by atoms with Gasteiger partial charge in [-0.05, 0) is 53.4 Å². The molecule has 0 bridgehead atoms. The maximum absolute atomic E-state index is 13.5. The lowest BCUT2D eigenvalue weighted by molar-refractivity contribution is 0.0696. The molecule has 0 saturated carbocycles. The molecule has 1 amide bonds. The molecule has 2 rings (SSSR count). The number of halogens is 2. The Kier molecular flexibility index (Phi) is 4.35. The molecule has 0 aliphatic carbocycles. The number of ether oxygens (including phenoxy) is 1. The second-order valence-electron chi connectivity index (χ2n) is 4.44. The third-order valence-electron chi connectivity index (χ3n) is 3.05. The fraction of sp³-hybridized carbons (Fsp3) is 0.462. The Morgan fingerprint density at radius 3 is 2.78 bits per heavy atom. The predicted molar refractivity (Wildman–Crippen MR) is 70.1 cm³/mol. The van der Waals surface area contributed by atoms with Crippen LogP contribution in [-0.4, -0.2) is 25.2 Å². The molecule has 1 N–H and O–H groups in total. The van der Waals surface area contributed by atoms with Crippen molar-refractivity contribution in [3.8, 4) is 0 Å². The Hall–Kier alpha value is -0.940. The molecule has 0 radical (unpaired) electrons. The minimum absolute atomic E-state index is 0.113. The van der Waals surface area contributed by atoms with Crippen molar-refractivity contribution in [1.29, 1.82) is 0 Å². The highest BCUT2D eigenvalue weighted by Crippen LogP contribution is 2.21. The van der Waals surface area contributed by atoms with E-state index < -0.39 is 0 Å². The monoisotopic (exact) mass is 315 g/mol. The summed E-state index contributed by atoms with van der Waals surface area (Å²) in [6.45, 7) is 2.99. The first kappa shape index (κ1) is 13.5. The molecule has 3 nitrogen and oxygen atoms in total. The van der Waals surface area contributed by atoms with Gasteiger partial charge in [0.2, 0.25) is 0 Å². The molecular weight excluding hydrogens is 301 g/mol. The fourth-order valence-corrected chi connectivity index (χ4v) is 2.56. The number of carbonyl (C=O) groups excluding carboxylic acids is 1. The number of benzene rings is 1. The number of hydrogen-bond acceptors (Lipinski definition) is 2. The van der Waals surface area contributed by atoms with Crippen LogP contribution in [0.4, 0.5) is 4.39 Å². The lowest BCUT2D eigenvalue weighted by atomic mass is 10.1. The van der Waals surface area contributed by atoms with E-state index in [1.807, 2.05) is 0 Å². The van der Waals surface area contributed by atoms with Crippen LogP contribution < -0.4 is 5.32 Å². The lowest BCUT2D eigenvalue weighted by Crippen LogP contribution is -2.39. The summed E-state index contributed by atoms with van der Waals surface area (Å²) in [6.07, 6.45) is 1.61. The smallest absolute Gasteiger partial charge is 0.252 e. The number of carbonyl (C=O) groups is 1. The maximum atomic E-state index is 13.5. The molecule has 0 unspecified atom stereocenters. The molecule has 1 heterocycles. The highest BCUT2D eigenvalue weighted by atomic mass is 79.9. The summed E-state index contributed by atoms with van der Waals surface area (Å²) >= 11 is 3.29. The van der Waals surface area contributed by atoms with Crippen molar-refractivity contribution in [2.75, 3.05) is 13.2 Å². The van der Waals surface area contributed by atoms with Gasteiger partial charge in [-0.25, -0.2) is 4.39 Å². The third kappa shape index (κ3) is 3.09. The molecule has 5 heteroatoms. The highest BCUT2D eigenvalue weighted by molar-refractivity contribution is 9.10. The van der Waals surface area contributed by atoms with Gasteiger partial charge < -0.3 is 10.1 Å². The third-order valence-corrected chi connectivity index (χ3v) is 3.71. The van der Waals surface area contributed by atoms with E-state index >= 15 is 0 Å². The number of amides is 1. The zero-order valence-electron chi connectivity index (χ0n) is 10.1. The van der Waals surface area contributed by atoms with Crippen molar-refractivity contribution in [3.63, 3.8) is 0 Å². The standard InChI is InChI=1S/C13H15BrFNO2/c1-8-6-11(14)10(7-12(8)15)13(17)16-9-2-4-18-5-3-9/h6-7,9H,2-5H2,1H3,(H,16,17). The van der Waals surface area contributed by atoms with Crippen LogP contribution in [0.3, 0.4) is 0 Å². The first-order valence-electron chi connectivity index (χ1n) is 5.92. The van der Waals surface area contributed by atoms with Gasteiger partial charge in [-0.1, -0.05) is 0 Å². The maximum Gasteiger partial charge on any atom is 0.252 e. The summed E-state index contributed by atoms with van der Waals surface area (Å²) in [7, 11) is 0. The molecule has 1 aromatic rings. The van der Waals surface area contributed by atoms with Crippen LogP contribution in [-0.2, 0) is 4.74 Å². The Morgan fingerprint density at radius 2 is 2.11 bits per heavy atom. The van der Waals surface area contributed by atoms with E-state index in [2.05, 4.69) is 21.2 Å². The van der Waals surface area contributed by atoms with Gasteiger partial charge in [0.15, 0.2) is 0 Å². The largest absolute Gasteiger partial charge is 0.381 e. The summed E-state index contributed by atoms with van der Waals surface area (Å²) in [6, 6.07) is 3.00. The summed E-state index contributed by atoms with van der Waals surface area (Å²) in [5.74, 6) is -0.608. The normalized spacial score (nSPS) is 16.6. The van der Waals surface area contributed by atoms with Crippen molar-refractivity contribution < 1.29 is 13.9 Å². The zero-order valence-corrected chi connectivity index (χ0v) is 11.7. The van der Waals surface area contributed by atoms with E-state index in [9.17, 15) is 9.18 Å². The summed E-state index contributed by atoms with van der Waals surface area (Å²) in [5, 5.41) is 2.91. The van der Waals surface area contributed by atoms with Crippen molar-refractivity contribution in [2.24, 2.45) is 0 Å². The van der Waals surface area contributed by atoms with Gasteiger partial charge in [-0.3, -0.25) is 4.79 Å². The minimum Gasteiger partial charge on any atom is -0.381 e. The van der Waals surface area contributed by atoms with Crippen LogP contribution in [0, 0.1) is 12.7 Å². The molecule has 1 fully saturated rings. The predicted octanol–water partition coefficient (Wildman–Crippen LogP) is 2.81. The van der Waals surface area contributed by atoms with Crippen molar-refractivity contribution in [1.82, 2.24) is 5.32 Å². The minimum atomic E-state index is -0.365. The number of aryl methyl sites for hydroxylation is 1. The van der Waals surface area contributed by atoms with Gasteiger partial charge in [0.05, 0.1) is 5.56 Å². The zero-order chi connectivity index (χ0) is 13.1. The van der Waals surface area contributed by atoms with E-state index in [4.69, 9.17) is 4.74 Å². The van der Waals surface area contributed by atoms with Gasteiger partial charge in [0, 0.05) is 23.7 Å². The Balaban J connectivity index is 2.10. The second kappa shape index (κ2) is 5.80. The van der Waals surface area contributed by atoms with E-state index in [-0.39, 0.29) is 17.8 Å². The fourth-order valence-electron chi connectivity index (χ4n) is 1.93. The number of rotatable bonds is 2. The van der Waals surface area contributed by atoms with Crippen molar-refractivity contribution >= 4 is 21.8 Å². The molecule has 0 atom stereocenters. The van der Waals surface area contributed by atoms with Crippen LogP contribution >= 0.6 is 15.9 Å². The highest BCUT2D eigenvalue weighted by Gasteiger charge is 2.19. The van der Waals surface area contributed by atoms with E-state index in [1.165, 1.54) is 6.07 Å². The van der Waals surface area contributed by atoms with Gasteiger partial charge >= 0.3 is 0 Å². The van der Waals surface area contributed by atoms with Gasteiger partial charge in [0.1, 0.15) is 5.82 Å². The average Bonchev–Trinajstić information content (AvgIpc) is 2.35. The quantitative estimate of drug-likeness (QED) is 0.911. The molecule has 98 valence electrons. The molecule has 0 aromatic heterocycles. The summed E-state index contributed by atoms with van der Waals surface area (Å²) in [4.78, 5) is 12.0. The molecule has 0 spiro atoms. The molecule has 1 aliphatic rings. The van der Waals surface area contributed by atoms with E-state index in [0.29, 0.717) is 28.8 Å². The van der Waals surface area contributed by atoms with E-state index in [0.717, 1.165) is 12.8 Å². The van der Waals surface area contributed by atoms with Gasteiger partial charge in [-0.15, -0.1) is 0 Å². The summed E-state index contributed by atoms with van der Waals surface area (Å²) in [5.41, 5.74) is 0.856. The molecular formula is C13H15BrFNO2. The first-order valence-corrected chi connectivity index (χ1v) is 6.71. The van der Waals surface area contributed by atoms with Crippen LogP contribution in [0.15, 0.2) is 16.6 Å². The van der Waals surface area contributed by atoms with Crippen LogP contribution in [0.5, 0.6) is 0 Å². The average molecular weight is 316 g/mol. The van der Waals surface area contributed by atoms with Crippen molar-refractivity contribution in [2.45, 2.75) is 25.8 Å². The SMILES string of the molecule is Cc1cc(Br)c(C(=O)NC2CCOCC2)cc1F. The summed E-state index contributed by atoms with van der Waals surface area (Å²) < 4.78 is 19.3. The Labute approximate surface area is 114 Å². The Bertz CT molecular complexity index is 459. The molecule has 1 aromatic carbocycles. The van der Waals surface area contributed by atoms with E-state index in [1.54, 1.807) is 13.0 Å². The van der Waals surface area contributed by atoms with Crippen LogP contribution in [0.2, 0.25) is 0 Å². The first-order chi connectivity index (χ1) is 8.58. The van der Waals surface area contributed by atoms with Crippen LogP contribution in [0.1, 0.15) is 28.8 Å². The van der Waals surface area contributed by atoms with Gasteiger partial charge in [-0.2, -0.15) is 0 Å². The number of hydrogen-bond donors (Lipinski definition) is 1. The molecule has 18 heavy (non-hydrogen) atoms. The molecule has 1 saturated heterocycles. The molecule has 1 aliphatic heterocycles. The Morgan fingerprint density at radius 1 is 1.44 bits per heavy atom. The topological polar surface area (TPSA) is 38.3 Å². The van der Waals surface area contributed by atoms with Crippen LogP contribution in [0.25, 0.3) is 0 Å². The van der Waals surface area contributed by atoms with Gasteiger partial charge in [0.25, 0.3) is 5.91 Å².